The lowest BCUT2D eigenvalue weighted by Crippen LogP contribution is -2.09. The number of hydrogen-bond acceptors (Lipinski definition) is 7. The van der Waals surface area contributed by atoms with Gasteiger partial charge in [-0.25, -0.2) is 4.79 Å². The summed E-state index contributed by atoms with van der Waals surface area (Å²) in [6.45, 7) is 12.0. The zero-order valence-corrected chi connectivity index (χ0v) is 23.5. The number of esters is 1. The molecule has 0 saturated carbocycles. The Morgan fingerprint density at radius 3 is 1.80 bits per heavy atom. The van der Waals surface area contributed by atoms with Gasteiger partial charge in [0, 0.05) is 36.0 Å². The summed E-state index contributed by atoms with van der Waals surface area (Å²) >= 11 is 0. The molecule has 3 aromatic rings. The van der Waals surface area contributed by atoms with Gasteiger partial charge >= 0.3 is 5.97 Å². The van der Waals surface area contributed by atoms with E-state index in [2.05, 4.69) is 48.9 Å². The molecule has 0 unspecified atom stereocenters. The maximum atomic E-state index is 11.0. The molecule has 0 N–H and O–H groups in total. The van der Waals surface area contributed by atoms with Gasteiger partial charge in [0.05, 0.1) is 13.2 Å². The molecule has 0 aliphatic rings. The number of ether oxygens (including phenoxy) is 1. The Morgan fingerprint density at radius 1 is 0.659 bits per heavy atom. The van der Waals surface area contributed by atoms with Crippen LogP contribution in [0.2, 0.25) is 0 Å². The summed E-state index contributed by atoms with van der Waals surface area (Å²) in [5.41, 5.74) is 3.15. The Balaban J connectivity index is 1.28. The van der Waals surface area contributed by atoms with Gasteiger partial charge in [0.1, 0.15) is 11.5 Å². The monoisotopic (exact) mass is 557 g/mol. The van der Waals surface area contributed by atoms with Crippen LogP contribution < -0.4 is 9.79 Å². The summed E-state index contributed by atoms with van der Waals surface area (Å²) < 4.78 is 4.92. The number of carbonyl (C=O) groups is 1. The summed E-state index contributed by atoms with van der Waals surface area (Å²) in [5, 5.41) is 0. The summed E-state index contributed by atoms with van der Waals surface area (Å²) in [5.74, 6) is 1.31. The van der Waals surface area contributed by atoms with Crippen LogP contribution in [0, 0.1) is 0 Å². The highest BCUT2D eigenvalue weighted by atomic mass is 17.2. The van der Waals surface area contributed by atoms with E-state index in [1.807, 2.05) is 60.7 Å². The van der Waals surface area contributed by atoms with Crippen molar-refractivity contribution >= 4 is 23.0 Å². The minimum absolute atomic E-state index is 0.355. The highest BCUT2D eigenvalue weighted by Gasteiger charge is 2.12. The molecule has 0 aromatic heterocycles. The van der Waals surface area contributed by atoms with Gasteiger partial charge in [-0.3, -0.25) is 9.78 Å². The second-order valence-electron chi connectivity index (χ2n) is 9.29. The lowest BCUT2D eigenvalue weighted by molar-refractivity contribution is -0.264. The number of para-hydroxylation sites is 2. The Labute approximate surface area is 243 Å². The van der Waals surface area contributed by atoms with E-state index in [-0.39, 0.29) is 0 Å². The first-order chi connectivity index (χ1) is 20.1. The molecule has 0 amide bonds. The van der Waals surface area contributed by atoms with Crippen molar-refractivity contribution in [3.8, 4) is 5.75 Å². The van der Waals surface area contributed by atoms with Crippen molar-refractivity contribution < 1.29 is 29.1 Å². The van der Waals surface area contributed by atoms with Gasteiger partial charge in [-0.1, -0.05) is 62.6 Å². The molecule has 0 atom stereocenters. The van der Waals surface area contributed by atoms with Crippen molar-refractivity contribution in [3.05, 3.63) is 122 Å². The Hall–Kier alpha value is -4.49. The van der Waals surface area contributed by atoms with Crippen LogP contribution in [0.5, 0.6) is 5.75 Å². The molecular formula is C34H39NO6. The van der Waals surface area contributed by atoms with Gasteiger partial charge < -0.3 is 14.5 Å². The number of rotatable bonds is 20. The Kier molecular flexibility index (Phi) is 13.6. The topological polar surface area (TPSA) is 66.5 Å². The van der Waals surface area contributed by atoms with Crippen LogP contribution >= 0.6 is 0 Å². The predicted octanol–water partition coefficient (Wildman–Crippen LogP) is 8.90. The number of carbonyl (C=O) groups excluding carboxylic acids is 1. The molecule has 3 rings (SSSR count). The molecule has 216 valence electrons. The molecule has 0 spiro atoms. The van der Waals surface area contributed by atoms with Gasteiger partial charge in [0.15, 0.2) is 5.75 Å². The standard InChI is InChI=1S/C34H39NO6/c1-4-34(36)37-26-15-13-17-28(2)39-38-27-14-7-8-16-29(3)40-41-33-24-22-32(23-25-33)35(30-18-9-5-10-19-30)31-20-11-6-12-21-31/h4-6,9-12,18-25H,1-3,7-8,13-17,26-27H2. The molecule has 3 aromatic carbocycles. The molecule has 7 heteroatoms. The minimum atomic E-state index is -0.411. The smallest absolute Gasteiger partial charge is 0.330 e. The van der Waals surface area contributed by atoms with Crippen molar-refractivity contribution in [2.24, 2.45) is 0 Å². The third-order valence-corrected chi connectivity index (χ3v) is 6.00. The van der Waals surface area contributed by atoms with E-state index >= 15 is 0 Å². The number of allylic oxidation sites excluding steroid dienone is 2. The fourth-order valence-corrected chi connectivity index (χ4v) is 3.88. The molecule has 41 heavy (non-hydrogen) atoms. The molecule has 0 saturated heterocycles. The van der Waals surface area contributed by atoms with Crippen molar-refractivity contribution in [3.63, 3.8) is 0 Å². The molecule has 0 aliphatic carbocycles. The molecular weight excluding hydrogens is 518 g/mol. The van der Waals surface area contributed by atoms with E-state index in [0.717, 1.165) is 55.2 Å². The first kappa shape index (κ1) is 31.0. The van der Waals surface area contributed by atoms with E-state index in [1.54, 1.807) is 0 Å². The average Bonchev–Trinajstić information content (AvgIpc) is 3.01. The van der Waals surface area contributed by atoms with Crippen LogP contribution in [0.4, 0.5) is 17.1 Å². The van der Waals surface area contributed by atoms with Crippen LogP contribution in [0.3, 0.4) is 0 Å². The SMILES string of the molecule is C=CC(=O)OCCCCC(=C)OOCCCCCC(=C)OOc1ccc(N(c2ccccc2)c2ccccc2)cc1. The van der Waals surface area contributed by atoms with Crippen LogP contribution in [0.1, 0.15) is 44.9 Å². The number of benzene rings is 3. The summed E-state index contributed by atoms with van der Waals surface area (Å²) in [4.78, 5) is 34.5. The average molecular weight is 558 g/mol. The van der Waals surface area contributed by atoms with Crippen LogP contribution in [0.25, 0.3) is 0 Å². The number of hydrogen-bond donors (Lipinski definition) is 0. The molecule has 0 fully saturated rings. The highest BCUT2D eigenvalue weighted by molar-refractivity contribution is 5.81. The zero-order valence-electron chi connectivity index (χ0n) is 23.5. The van der Waals surface area contributed by atoms with Gasteiger partial charge in [-0.05, 0) is 74.2 Å². The van der Waals surface area contributed by atoms with Crippen molar-refractivity contribution in [2.75, 3.05) is 18.1 Å². The largest absolute Gasteiger partial charge is 0.463 e. The number of unbranched alkanes of at least 4 members (excludes halogenated alkanes) is 3. The second-order valence-corrected chi connectivity index (χ2v) is 9.29. The van der Waals surface area contributed by atoms with E-state index in [0.29, 0.717) is 43.3 Å². The number of nitrogens with zero attached hydrogens (tertiary/aromatic N) is 1. The quantitative estimate of drug-likeness (QED) is 0.0343. The fraction of sp³-hybridized carbons (Fsp3) is 0.265. The van der Waals surface area contributed by atoms with Gasteiger partial charge in [0.25, 0.3) is 0 Å². The summed E-state index contributed by atoms with van der Waals surface area (Å²) in [7, 11) is 0. The number of anilines is 3. The van der Waals surface area contributed by atoms with Gasteiger partial charge in [-0.15, -0.1) is 0 Å². The van der Waals surface area contributed by atoms with Gasteiger partial charge in [0.2, 0.25) is 0 Å². The van der Waals surface area contributed by atoms with Gasteiger partial charge in [-0.2, -0.15) is 4.89 Å². The first-order valence-electron chi connectivity index (χ1n) is 13.9. The van der Waals surface area contributed by atoms with Crippen LogP contribution in [-0.4, -0.2) is 19.2 Å². The molecule has 0 radical (unpaired) electrons. The molecule has 0 bridgehead atoms. The fourth-order valence-electron chi connectivity index (χ4n) is 3.88. The Bertz CT molecular complexity index is 1170. The maximum absolute atomic E-state index is 11.0. The van der Waals surface area contributed by atoms with Crippen LogP contribution in [-0.2, 0) is 24.2 Å². The maximum Gasteiger partial charge on any atom is 0.330 e. The third kappa shape index (κ3) is 11.6. The molecule has 0 heterocycles. The lowest BCUT2D eigenvalue weighted by Gasteiger charge is -2.25. The second kappa shape index (κ2) is 18.0. The molecule has 0 aliphatic heterocycles. The van der Waals surface area contributed by atoms with Crippen molar-refractivity contribution in [1.82, 2.24) is 0 Å². The van der Waals surface area contributed by atoms with Crippen molar-refractivity contribution in [1.29, 1.82) is 0 Å². The van der Waals surface area contributed by atoms with E-state index in [1.165, 1.54) is 0 Å². The zero-order chi connectivity index (χ0) is 29.1. The molecule has 7 nitrogen and oxygen atoms in total. The summed E-state index contributed by atoms with van der Waals surface area (Å²) in [6, 6.07) is 28.2. The third-order valence-electron chi connectivity index (χ3n) is 6.00. The highest BCUT2D eigenvalue weighted by Crippen LogP contribution is 2.34. The van der Waals surface area contributed by atoms with Crippen molar-refractivity contribution in [2.45, 2.75) is 44.9 Å². The van der Waals surface area contributed by atoms with E-state index in [4.69, 9.17) is 24.3 Å². The summed E-state index contributed by atoms with van der Waals surface area (Å²) in [6.07, 6.45) is 6.64. The lowest BCUT2D eigenvalue weighted by atomic mass is 10.2. The van der Waals surface area contributed by atoms with E-state index in [9.17, 15) is 4.79 Å². The Morgan fingerprint density at radius 2 is 1.20 bits per heavy atom. The predicted molar refractivity (Wildman–Crippen MR) is 162 cm³/mol. The van der Waals surface area contributed by atoms with E-state index < -0.39 is 5.97 Å². The minimum Gasteiger partial charge on any atom is -0.463 e. The van der Waals surface area contributed by atoms with Crippen LogP contribution in [0.15, 0.2) is 122 Å². The normalized spacial score (nSPS) is 10.3. The first-order valence-corrected chi connectivity index (χ1v) is 13.9.